The molecule has 3 nitrogen and oxygen atoms in total. The van der Waals surface area contributed by atoms with Crippen LogP contribution < -0.4 is 0 Å². The summed E-state index contributed by atoms with van der Waals surface area (Å²) in [5, 5.41) is 0. The van der Waals surface area contributed by atoms with Gasteiger partial charge in [-0.1, -0.05) is 19.1 Å². The number of rotatable bonds is 3. The molecule has 1 heterocycles. The first kappa shape index (κ1) is 10.6. The van der Waals surface area contributed by atoms with E-state index in [0.717, 1.165) is 29.8 Å². The smallest absolute Gasteiger partial charge is 0.150 e. The summed E-state index contributed by atoms with van der Waals surface area (Å²) < 4.78 is 2.03. The van der Waals surface area contributed by atoms with Crippen molar-refractivity contribution in [3.05, 3.63) is 47.5 Å². The summed E-state index contributed by atoms with van der Waals surface area (Å²) in [5.41, 5.74) is 2.86. The molecule has 0 saturated carbocycles. The van der Waals surface area contributed by atoms with E-state index in [1.54, 1.807) is 6.20 Å². The summed E-state index contributed by atoms with van der Waals surface area (Å²) in [4.78, 5) is 15.1. The molecule has 0 aliphatic rings. The van der Waals surface area contributed by atoms with E-state index >= 15 is 0 Å². The Hall–Kier alpha value is -1.90. The molecule has 16 heavy (non-hydrogen) atoms. The first-order chi connectivity index (χ1) is 7.76. The van der Waals surface area contributed by atoms with Crippen molar-refractivity contribution in [1.29, 1.82) is 0 Å². The fourth-order valence-corrected chi connectivity index (χ4v) is 1.77. The largest absolute Gasteiger partial charge is 0.303 e. The molecule has 82 valence electrons. The van der Waals surface area contributed by atoms with Crippen molar-refractivity contribution in [2.45, 2.75) is 20.3 Å². The quantitative estimate of drug-likeness (QED) is 0.736. The summed E-state index contributed by atoms with van der Waals surface area (Å²) in [6.07, 6.45) is 5.45. The molecule has 1 aromatic heterocycles. The van der Waals surface area contributed by atoms with Gasteiger partial charge in [-0.3, -0.25) is 4.79 Å². The SMILES string of the molecule is CCc1nccn1-c1cc(C=O)ccc1C. The van der Waals surface area contributed by atoms with E-state index in [1.807, 2.05) is 35.9 Å². The number of benzene rings is 1. The Balaban J connectivity index is 2.58. The third-order valence-electron chi connectivity index (χ3n) is 2.66. The minimum atomic E-state index is 0.691. The van der Waals surface area contributed by atoms with Gasteiger partial charge in [0.25, 0.3) is 0 Å². The highest BCUT2D eigenvalue weighted by Crippen LogP contribution is 2.17. The van der Waals surface area contributed by atoms with Crippen LogP contribution in [0.15, 0.2) is 30.6 Å². The maximum Gasteiger partial charge on any atom is 0.150 e. The molecule has 0 aliphatic carbocycles. The molecule has 0 bridgehead atoms. The van der Waals surface area contributed by atoms with Crippen LogP contribution in [-0.2, 0) is 6.42 Å². The van der Waals surface area contributed by atoms with Gasteiger partial charge in [0.2, 0.25) is 0 Å². The van der Waals surface area contributed by atoms with Crippen LogP contribution in [0.3, 0.4) is 0 Å². The number of aryl methyl sites for hydroxylation is 2. The van der Waals surface area contributed by atoms with Crippen LogP contribution in [0, 0.1) is 6.92 Å². The Kier molecular flexibility index (Phi) is 2.86. The number of imidazole rings is 1. The van der Waals surface area contributed by atoms with Crippen molar-refractivity contribution in [2.75, 3.05) is 0 Å². The molecule has 1 aromatic carbocycles. The zero-order valence-corrected chi connectivity index (χ0v) is 9.47. The highest BCUT2D eigenvalue weighted by atomic mass is 16.1. The minimum absolute atomic E-state index is 0.691. The third-order valence-corrected chi connectivity index (χ3v) is 2.66. The molecule has 0 aliphatic heterocycles. The standard InChI is InChI=1S/C13H14N2O/c1-3-13-14-6-7-15(13)12-8-11(9-16)5-4-10(12)2/h4-9H,3H2,1-2H3. The number of hydrogen-bond donors (Lipinski definition) is 0. The average Bonchev–Trinajstić information content (AvgIpc) is 2.77. The van der Waals surface area contributed by atoms with Crippen LogP contribution in [0.5, 0.6) is 0 Å². The Morgan fingerprint density at radius 3 is 2.94 bits per heavy atom. The number of carbonyl (C=O) groups excluding carboxylic acids is 1. The second kappa shape index (κ2) is 4.31. The summed E-state index contributed by atoms with van der Waals surface area (Å²) >= 11 is 0. The molecule has 0 unspecified atom stereocenters. The average molecular weight is 214 g/mol. The van der Waals surface area contributed by atoms with Crippen molar-refractivity contribution < 1.29 is 4.79 Å². The zero-order chi connectivity index (χ0) is 11.5. The first-order valence-electron chi connectivity index (χ1n) is 5.34. The molecular formula is C13H14N2O. The van der Waals surface area contributed by atoms with Gasteiger partial charge in [-0.25, -0.2) is 4.98 Å². The van der Waals surface area contributed by atoms with Gasteiger partial charge >= 0.3 is 0 Å². The molecule has 0 atom stereocenters. The van der Waals surface area contributed by atoms with E-state index in [-0.39, 0.29) is 0 Å². The Labute approximate surface area is 94.7 Å². The highest BCUT2D eigenvalue weighted by molar-refractivity contribution is 5.76. The van der Waals surface area contributed by atoms with Crippen LogP contribution in [0.1, 0.15) is 28.7 Å². The molecular weight excluding hydrogens is 200 g/mol. The summed E-state index contributed by atoms with van der Waals surface area (Å²) in [7, 11) is 0. The molecule has 0 saturated heterocycles. The van der Waals surface area contributed by atoms with E-state index in [4.69, 9.17) is 0 Å². The normalized spacial score (nSPS) is 10.4. The minimum Gasteiger partial charge on any atom is -0.303 e. The summed E-state index contributed by atoms with van der Waals surface area (Å²) in [5.74, 6) is 1.01. The lowest BCUT2D eigenvalue weighted by Crippen LogP contribution is -2.02. The molecule has 2 rings (SSSR count). The van der Waals surface area contributed by atoms with Gasteiger partial charge in [0.1, 0.15) is 12.1 Å². The lowest BCUT2D eigenvalue weighted by Gasteiger charge is -2.10. The molecule has 0 fully saturated rings. The first-order valence-corrected chi connectivity index (χ1v) is 5.34. The van der Waals surface area contributed by atoms with Gasteiger partial charge in [-0.05, 0) is 18.6 Å². The van der Waals surface area contributed by atoms with Gasteiger partial charge in [-0.15, -0.1) is 0 Å². The Bertz CT molecular complexity index is 514. The Morgan fingerprint density at radius 2 is 2.25 bits per heavy atom. The van der Waals surface area contributed by atoms with Crippen LogP contribution in [0.2, 0.25) is 0 Å². The maximum absolute atomic E-state index is 10.8. The molecule has 3 heteroatoms. The van der Waals surface area contributed by atoms with E-state index in [9.17, 15) is 4.79 Å². The number of hydrogen-bond acceptors (Lipinski definition) is 2. The summed E-state index contributed by atoms with van der Waals surface area (Å²) in [6.45, 7) is 4.10. The molecule has 2 aromatic rings. The number of carbonyl (C=O) groups is 1. The van der Waals surface area contributed by atoms with Crippen LogP contribution in [-0.4, -0.2) is 15.8 Å². The number of nitrogens with zero attached hydrogens (tertiary/aromatic N) is 2. The maximum atomic E-state index is 10.8. The number of aldehydes is 1. The number of aromatic nitrogens is 2. The van der Waals surface area contributed by atoms with E-state index in [1.165, 1.54) is 0 Å². The fraction of sp³-hybridized carbons (Fsp3) is 0.231. The topological polar surface area (TPSA) is 34.9 Å². The van der Waals surface area contributed by atoms with Gasteiger partial charge in [0.05, 0.1) is 5.69 Å². The van der Waals surface area contributed by atoms with Gasteiger partial charge in [-0.2, -0.15) is 0 Å². The van der Waals surface area contributed by atoms with Crippen molar-refractivity contribution in [1.82, 2.24) is 9.55 Å². The summed E-state index contributed by atoms with van der Waals surface area (Å²) in [6, 6.07) is 5.68. The van der Waals surface area contributed by atoms with E-state index in [2.05, 4.69) is 11.9 Å². The zero-order valence-electron chi connectivity index (χ0n) is 9.47. The molecule has 0 spiro atoms. The lowest BCUT2D eigenvalue weighted by molar-refractivity contribution is 0.112. The van der Waals surface area contributed by atoms with E-state index < -0.39 is 0 Å². The van der Waals surface area contributed by atoms with Crippen molar-refractivity contribution >= 4 is 6.29 Å². The van der Waals surface area contributed by atoms with Crippen LogP contribution >= 0.6 is 0 Å². The van der Waals surface area contributed by atoms with Gasteiger partial charge < -0.3 is 4.57 Å². The van der Waals surface area contributed by atoms with Crippen LogP contribution in [0.4, 0.5) is 0 Å². The predicted octanol–water partition coefficient (Wildman–Crippen LogP) is 2.56. The Morgan fingerprint density at radius 1 is 1.44 bits per heavy atom. The van der Waals surface area contributed by atoms with Crippen molar-refractivity contribution in [3.8, 4) is 5.69 Å². The molecule has 0 amide bonds. The van der Waals surface area contributed by atoms with Gasteiger partial charge in [0.15, 0.2) is 0 Å². The second-order valence-electron chi connectivity index (χ2n) is 3.73. The third kappa shape index (κ3) is 1.76. The molecule has 0 radical (unpaired) electrons. The fourth-order valence-electron chi connectivity index (χ4n) is 1.77. The van der Waals surface area contributed by atoms with Crippen molar-refractivity contribution in [3.63, 3.8) is 0 Å². The highest BCUT2D eigenvalue weighted by Gasteiger charge is 2.06. The predicted molar refractivity (Wildman–Crippen MR) is 63.1 cm³/mol. The van der Waals surface area contributed by atoms with E-state index in [0.29, 0.717) is 5.56 Å². The van der Waals surface area contributed by atoms with Crippen molar-refractivity contribution in [2.24, 2.45) is 0 Å². The monoisotopic (exact) mass is 214 g/mol. The van der Waals surface area contributed by atoms with Gasteiger partial charge in [0, 0.05) is 24.4 Å². The molecule has 0 N–H and O–H groups in total. The van der Waals surface area contributed by atoms with Crippen LogP contribution in [0.25, 0.3) is 5.69 Å². The lowest BCUT2D eigenvalue weighted by atomic mass is 10.1. The second-order valence-corrected chi connectivity index (χ2v) is 3.73.